The zero-order valence-corrected chi connectivity index (χ0v) is 10.8. The molecule has 16 heavy (non-hydrogen) atoms. The van der Waals surface area contributed by atoms with Gasteiger partial charge in [0.2, 0.25) is 0 Å². The zero-order valence-electron chi connectivity index (χ0n) is 10.8. The number of aliphatic hydroxyl groups is 2. The third-order valence-corrected chi connectivity index (χ3v) is 1.92. The molecule has 1 atom stereocenters. The second-order valence-electron chi connectivity index (χ2n) is 4.54. The Morgan fingerprint density at radius 3 is 2.12 bits per heavy atom. The van der Waals surface area contributed by atoms with Gasteiger partial charge in [0, 0.05) is 5.97 Å². The van der Waals surface area contributed by atoms with Crippen molar-refractivity contribution < 1.29 is 24.6 Å². The molecule has 0 aromatic carbocycles. The van der Waals surface area contributed by atoms with Gasteiger partial charge in [0.1, 0.15) is 19.2 Å². The van der Waals surface area contributed by atoms with Gasteiger partial charge in [-0.05, 0) is 13.3 Å². The molecule has 0 bridgehead atoms. The van der Waals surface area contributed by atoms with E-state index >= 15 is 0 Å². The Morgan fingerprint density at radius 1 is 1.44 bits per heavy atom. The summed E-state index contributed by atoms with van der Waals surface area (Å²) in [5.41, 5.74) is 0. The molecule has 0 spiro atoms. The molecule has 0 fully saturated rings. The first-order valence-corrected chi connectivity index (χ1v) is 5.56. The quantitative estimate of drug-likeness (QED) is 0.577. The Morgan fingerprint density at radius 2 is 1.94 bits per heavy atom. The summed E-state index contributed by atoms with van der Waals surface area (Å²) >= 11 is 0. The van der Waals surface area contributed by atoms with E-state index in [4.69, 9.17) is 10.2 Å². The summed E-state index contributed by atoms with van der Waals surface area (Å²) in [6.45, 7) is 5.14. The van der Waals surface area contributed by atoms with Gasteiger partial charge in [0.05, 0.1) is 20.7 Å². The van der Waals surface area contributed by atoms with E-state index < -0.39 is 5.97 Å². The van der Waals surface area contributed by atoms with E-state index in [-0.39, 0.29) is 19.1 Å². The van der Waals surface area contributed by atoms with Gasteiger partial charge in [0.15, 0.2) is 0 Å². The van der Waals surface area contributed by atoms with Gasteiger partial charge in [0.25, 0.3) is 0 Å². The van der Waals surface area contributed by atoms with Crippen molar-refractivity contribution in [2.75, 3.05) is 33.8 Å². The number of carbonyl (C=O) groups excluding carboxylic acids is 1. The van der Waals surface area contributed by atoms with E-state index in [0.717, 1.165) is 0 Å². The molecule has 5 nitrogen and oxygen atoms in total. The fourth-order valence-electron chi connectivity index (χ4n) is 1.28. The van der Waals surface area contributed by atoms with Crippen LogP contribution in [0.15, 0.2) is 0 Å². The third-order valence-electron chi connectivity index (χ3n) is 1.92. The van der Waals surface area contributed by atoms with E-state index in [1.807, 2.05) is 14.1 Å². The van der Waals surface area contributed by atoms with Gasteiger partial charge in [-0.1, -0.05) is 13.3 Å². The molecule has 0 aromatic rings. The van der Waals surface area contributed by atoms with Crippen LogP contribution in [-0.4, -0.2) is 60.6 Å². The SMILES string of the molecule is CC(O)C[N+](C)(C)CCO.CCCC(=O)[O-]. The molecule has 5 heteroatoms. The second kappa shape index (κ2) is 9.57. The minimum atomic E-state index is -0.961. The summed E-state index contributed by atoms with van der Waals surface area (Å²) < 4.78 is 0.675. The highest BCUT2D eigenvalue weighted by Gasteiger charge is 2.16. The predicted molar refractivity (Wildman–Crippen MR) is 60.5 cm³/mol. The number of carboxylic acids is 1. The normalized spacial score (nSPS) is 12.6. The van der Waals surface area contributed by atoms with Crippen molar-refractivity contribution in [1.82, 2.24) is 0 Å². The van der Waals surface area contributed by atoms with Gasteiger partial charge >= 0.3 is 0 Å². The van der Waals surface area contributed by atoms with Crippen LogP contribution in [0.5, 0.6) is 0 Å². The molecule has 0 aromatic heterocycles. The van der Waals surface area contributed by atoms with E-state index in [1.165, 1.54) is 0 Å². The minimum Gasteiger partial charge on any atom is -0.550 e. The molecule has 0 aliphatic rings. The summed E-state index contributed by atoms with van der Waals surface area (Å²) in [5.74, 6) is -0.961. The van der Waals surface area contributed by atoms with Gasteiger partial charge in [-0.15, -0.1) is 0 Å². The van der Waals surface area contributed by atoms with Gasteiger partial charge in [-0.3, -0.25) is 0 Å². The van der Waals surface area contributed by atoms with Crippen molar-refractivity contribution >= 4 is 5.97 Å². The van der Waals surface area contributed by atoms with Gasteiger partial charge in [-0.25, -0.2) is 0 Å². The Hall–Kier alpha value is -0.650. The molecule has 0 amide bonds. The van der Waals surface area contributed by atoms with Crippen molar-refractivity contribution in [3.8, 4) is 0 Å². The van der Waals surface area contributed by atoms with E-state index in [2.05, 4.69) is 0 Å². The highest BCUT2D eigenvalue weighted by molar-refractivity contribution is 5.63. The number of nitrogens with zero attached hydrogens (tertiary/aromatic N) is 1. The molecule has 0 rings (SSSR count). The lowest BCUT2D eigenvalue weighted by atomic mass is 10.3. The molecule has 2 N–H and O–H groups in total. The Balaban J connectivity index is 0. The molecule has 0 aliphatic carbocycles. The molecule has 0 heterocycles. The van der Waals surface area contributed by atoms with Crippen molar-refractivity contribution in [2.24, 2.45) is 0 Å². The van der Waals surface area contributed by atoms with Crippen molar-refractivity contribution in [3.63, 3.8) is 0 Å². The topological polar surface area (TPSA) is 80.6 Å². The van der Waals surface area contributed by atoms with Crippen LogP contribution >= 0.6 is 0 Å². The first-order valence-electron chi connectivity index (χ1n) is 5.56. The number of hydrogen-bond acceptors (Lipinski definition) is 4. The molecular formula is C11H25NO4. The Bertz CT molecular complexity index is 181. The van der Waals surface area contributed by atoms with Crippen LogP contribution in [0.2, 0.25) is 0 Å². The Labute approximate surface area is 97.9 Å². The molecular weight excluding hydrogens is 210 g/mol. The first-order chi connectivity index (χ1) is 7.25. The van der Waals surface area contributed by atoms with Crippen LogP contribution in [0.3, 0.4) is 0 Å². The van der Waals surface area contributed by atoms with Gasteiger partial charge < -0.3 is 24.6 Å². The molecule has 1 unspecified atom stereocenters. The number of carbonyl (C=O) groups is 1. The highest BCUT2D eigenvalue weighted by Crippen LogP contribution is 1.97. The second-order valence-corrected chi connectivity index (χ2v) is 4.54. The van der Waals surface area contributed by atoms with Crippen molar-refractivity contribution in [1.29, 1.82) is 0 Å². The summed E-state index contributed by atoms with van der Waals surface area (Å²) in [4.78, 5) is 9.49. The van der Waals surface area contributed by atoms with Crippen molar-refractivity contribution in [2.45, 2.75) is 32.8 Å². The largest absolute Gasteiger partial charge is 0.550 e. The fraction of sp³-hybridized carbons (Fsp3) is 0.909. The maximum Gasteiger partial charge on any atom is 0.104 e. The van der Waals surface area contributed by atoms with Crippen LogP contribution < -0.4 is 5.11 Å². The lowest BCUT2D eigenvalue weighted by Crippen LogP contribution is -2.46. The van der Waals surface area contributed by atoms with Crippen LogP contribution in [0, 0.1) is 0 Å². The predicted octanol–water partition coefficient (Wildman–Crippen LogP) is -1.03. The molecule has 0 saturated carbocycles. The summed E-state index contributed by atoms with van der Waals surface area (Å²) in [5, 5.41) is 27.1. The highest BCUT2D eigenvalue weighted by atomic mass is 16.4. The smallest absolute Gasteiger partial charge is 0.104 e. The van der Waals surface area contributed by atoms with Crippen molar-refractivity contribution in [3.05, 3.63) is 0 Å². The lowest BCUT2D eigenvalue weighted by Gasteiger charge is -2.29. The van der Waals surface area contributed by atoms with E-state index in [9.17, 15) is 9.90 Å². The molecule has 0 saturated heterocycles. The number of hydrogen-bond donors (Lipinski definition) is 2. The first kappa shape index (κ1) is 17.7. The van der Waals surface area contributed by atoms with Gasteiger partial charge in [-0.2, -0.15) is 0 Å². The fourth-order valence-corrected chi connectivity index (χ4v) is 1.28. The van der Waals surface area contributed by atoms with Crippen LogP contribution in [0.25, 0.3) is 0 Å². The average Bonchev–Trinajstić information content (AvgIpc) is 2.01. The summed E-state index contributed by atoms with van der Waals surface area (Å²) in [6.07, 6.45) is 0.559. The number of carboxylic acid groups (broad SMARTS) is 1. The maximum absolute atomic E-state index is 9.49. The molecule has 0 radical (unpaired) electrons. The van der Waals surface area contributed by atoms with Crippen LogP contribution in [0.4, 0.5) is 0 Å². The lowest BCUT2D eigenvalue weighted by molar-refractivity contribution is -0.893. The van der Waals surface area contributed by atoms with Crippen LogP contribution in [0.1, 0.15) is 26.7 Å². The number of quaternary nitrogens is 1. The number of aliphatic carboxylic acids is 1. The van der Waals surface area contributed by atoms with E-state index in [1.54, 1.807) is 13.8 Å². The minimum absolute atomic E-state index is 0.180. The standard InChI is InChI=1S/C7H18NO2.C4H8O2/c1-7(10)6-8(2,3)4-5-9;1-2-3-4(5)6/h7,9-10H,4-6H2,1-3H3;2-3H2,1H3,(H,5,6)/q+1;/p-1. The van der Waals surface area contributed by atoms with E-state index in [0.29, 0.717) is 24.0 Å². The number of rotatable bonds is 6. The third kappa shape index (κ3) is 15.8. The number of likely N-dealkylation sites (N-methyl/N-ethyl adjacent to an activating group) is 1. The molecule has 0 aliphatic heterocycles. The number of aliphatic hydroxyl groups excluding tert-OH is 2. The summed E-state index contributed by atoms with van der Waals surface area (Å²) in [7, 11) is 3.98. The maximum atomic E-state index is 9.49. The van der Waals surface area contributed by atoms with Crippen LogP contribution in [-0.2, 0) is 4.79 Å². The average molecular weight is 235 g/mol. The summed E-state index contributed by atoms with van der Waals surface area (Å²) in [6, 6.07) is 0. The zero-order chi connectivity index (χ0) is 13.2. The monoisotopic (exact) mass is 235 g/mol. The molecule has 98 valence electrons. The Kier molecular flexibility index (Phi) is 10.6.